The van der Waals surface area contributed by atoms with Crippen molar-refractivity contribution >= 4 is 0 Å². The molecule has 2 rings (SSSR count). The van der Waals surface area contributed by atoms with Gasteiger partial charge in [-0.2, -0.15) is 5.10 Å². The molecular formula is C12H17N3O. The Hall–Kier alpha value is -1.55. The van der Waals surface area contributed by atoms with Crippen LogP contribution in [0.5, 0.6) is 0 Å². The predicted octanol–water partition coefficient (Wildman–Crippen LogP) is 2.09. The van der Waals surface area contributed by atoms with Crippen LogP contribution in [-0.4, -0.2) is 9.78 Å². The van der Waals surface area contributed by atoms with Crippen LogP contribution < -0.4 is 5.32 Å². The Labute approximate surface area is 95.3 Å². The fourth-order valence-electron chi connectivity index (χ4n) is 1.74. The highest BCUT2D eigenvalue weighted by molar-refractivity contribution is 5.09. The zero-order valence-electron chi connectivity index (χ0n) is 9.73. The van der Waals surface area contributed by atoms with Crippen molar-refractivity contribution in [2.24, 2.45) is 0 Å². The van der Waals surface area contributed by atoms with E-state index in [4.69, 9.17) is 4.42 Å². The van der Waals surface area contributed by atoms with Gasteiger partial charge in [-0.15, -0.1) is 0 Å². The van der Waals surface area contributed by atoms with E-state index in [2.05, 4.69) is 23.4 Å². The van der Waals surface area contributed by atoms with Crippen LogP contribution >= 0.6 is 0 Å². The lowest BCUT2D eigenvalue weighted by molar-refractivity contribution is 0.476. The van der Waals surface area contributed by atoms with Crippen molar-refractivity contribution in [2.75, 3.05) is 0 Å². The third-order valence-electron chi connectivity index (χ3n) is 2.47. The molecule has 0 atom stereocenters. The average molecular weight is 219 g/mol. The molecule has 0 fully saturated rings. The van der Waals surface area contributed by atoms with Gasteiger partial charge < -0.3 is 9.73 Å². The highest BCUT2D eigenvalue weighted by atomic mass is 16.3. The predicted molar refractivity (Wildman–Crippen MR) is 61.9 cm³/mol. The van der Waals surface area contributed by atoms with E-state index >= 15 is 0 Å². The largest absolute Gasteiger partial charge is 0.468 e. The highest BCUT2D eigenvalue weighted by Crippen LogP contribution is 2.04. The lowest BCUT2D eigenvalue weighted by atomic mass is 10.3. The van der Waals surface area contributed by atoms with E-state index in [1.54, 1.807) is 6.26 Å². The number of nitrogens with one attached hydrogen (secondary N) is 1. The van der Waals surface area contributed by atoms with Crippen LogP contribution in [0.4, 0.5) is 0 Å². The Balaban J connectivity index is 1.89. The third-order valence-corrected chi connectivity index (χ3v) is 2.47. The van der Waals surface area contributed by atoms with Crippen LogP contribution in [0.2, 0.25) is 0 Å². The van der Waals surface area contributed by atoms with Gasteiger partial charge in [0.25, 0.3) is 0 Å². The molecule has 0 amide bonds. The van der Waals surface area contributed by atoms with E-state index in [-0.39, 0.29) is 0 Å². The number of furan rings is 1. The number of aromatic nitrogens is 2. The molecule has 2 heterocycles. The first-order chi connectivity index (χ1) is 7.79. The molecule has 1 N–H and O–H groups in total. The molecule has 0 aliphatic heterocycles. The van der Waals surface area contributed by atoms with Crippen LogP contribution in [-0.2, 0) is 19.6 Å². The molecule has 0 spiro atoms. The van der Waals surface area contributed by atoms with Gasteiger partial charge in [-0.3, -0.25) is 4.68 Å². The summed E-state index contributed by atoms with van der Waals surface area (Å²) in [6.45, 7) is 6.59. The molecule has 2 aromatic heterocycles. The second kappa shape index (κ2) is 4.99. The van der Waals surface area contributed by atoms with Gasteiger partial charge in [0.05, 0.1) is 24.2 Å². The van der Waals surface area contributed by atoms with E-state index in [9.17, 15) is 0 Å². The highest BCUT2D eigenvalue weighted by Gasteiger charge is 2.03. The second-order valence-electron chi connectivity index (χ2n) is 3.78. The molecule has 2 aromatic rings. The Morgan fingerprint density at radius 2 is 2.31 bits per heavy atom. The number of aryl methyl sites for hydroxylation is 2. The van der Waals surface area contributed by atoms with Crippen molar-refractivity contribution < 1.29 is 4.42 Å². The lowest BCUT2D eigenvalue weighted by Crippen LogP contribution is -2.15. The van der Waals surface area contributed by atoms with Gasteiger partial charge in [-0.25, -0.2) is 0 Å². The molecule has 0 aliphatic carbocycles. The van der Waals surface area contributed by atoms with Crippen LogP contribution in [0.25, 0.3) is 0 Å². The van der Waals surface area contributed by atoms with Crippen LogP contribution in [0, 0.1) is 6.92 Å². The zero-order chi connectivity index (χ0) is 11.4. The number of rotatable bonds is 5. The summed E-state index contributed by atoms with van der Waals surface area (Å²) in [6.07, 6.45) is 1.69. The molecule has 0 unspecified atom stereocenters. The molecule has 4 heteroatoms. The van der Waals surface area contributed by atoms with Crippen molar-refractivity contribution in [3.05, 3.63) is 41.6 Å². The summed E-state index contributed by atoms with van der Waals surface area (Å²) >= 11 is 0. The Morgan fingerprint density at radius 3 is 3.00 bits per heavy atom. The average Bonchev–Trinajstić information content (AvgIpc) is 2.88. The van der Waals surface area contributed by atoms with E-state index in [1.165, 1.54) is 5.69 Å². The van der Waals surface area contributed by atoms with Crippen molar-refractivity contribution in [3.63, 3.8) is 0 Å². The molecule has 0 bridgehead atoms. The molecular weight excluding hydrogens is 202 g/mol. The SMILES string of the molecule is CCn1nc(C)cc1CNCc1ccco1. The van der Waals surface area contributed by atoms with Gasteiger partial charge in [0.1, 0.15) is 5.76 Å². The fourth-order valence-corrected chi connectivity index (χ4v) is 1.74. The first kappa shape index (κ1) is 11.0. The minimum Gasteiger partial charge on any atom is -0.468 e. The standard InChI is InChI=1S/C12H17N3O/c1-3-15-11(7-10(2)14-15)8-13-9-12-5-4-6-16-12/h4-7,13H,3,8-9H2,1-2H3. The second-order valence-corrected chi connectivity index (χ2v) is 3.78. The summed E-state index contributed by atoms with van der Waals surface area (Å²) in [4.78, 5) is 0. The Bertz CT molecular complexity index is 431. The van der Waals surface area contributed by atoms with Gasteiger partial charge in [-0.05, 0) is 32.0 Å². The summed E-state index contributed by atoms with van der Waals surface area (Å²) in [5, 5.41) is 7.74. The van der Waals surface area contributed by atoms with Crippen molar-refractivity contribution in [1.82, 2.24) is 15.1 Å². The lowest BCUT2D eigenvalue weighted by Gasteiger charge is -2.05. The quantitative estimate of drug-likeness (QED) is 0.837. The summed E-state index contributed by atoms with van der Waals surface area (Å²) in [7, 11) is 0. The van der Waals surface area contributed by atoms with E-state index < -0.39 is 0 Å². The number of hydrogen-bond donors (Lipinski definition) is 1. The monoisotopic (exact) mass is 219 g/mol. The molecule has 0 saturated carbocycles. The maximum Gasteiger partial charge on any atom is 0.117 e. The molecule has 0 aromatic carbocycles. The maximum absolute atomic E-state index is 5.25. The third kappa shape index (κ3) is 2.52. The van der Waals surface area contributed by atoms with Gasteiger partial charge >= 0.3 is 0 Å². The smallest absolute Gasteiger partial charge is 0.117 e. The van der Waals surface area contributed by atoms with E-state index in [1.807, 2.05) is 23.7 Å². The molecule has 0 saturated heterocycles. The summed E-state index contributed by atoms with van der Waals surface area (Å²) in [6, 6.07) is 5.98. The maximum atomic E-state index is 5.25. The van der Waals surface area contributed by atoms with Crippen molar-refractivity contribution in [2.45, 2.75) is 33.5 Å². The number of nitrogens with zero attached hydrogens (tertiary/aromatic N) is 2. The fraction of sp³-hybridized carbons (Fsp3) is 0.417. The first-order valence-electron chi connectivity index (χ1n) is 5.56. The van der Waals surface area contributed by atoms with E-state index in [0.29, 0.717) is 0 Å². The van der Waals surface area contributed by atoms with Gasteiger partial charge in [0, 0.05) is 13.1 Å². The van der Waals surface area contributed by atoms with Crippen molar-refractivity contribution in [3.8, 4) is 0 Å². The van der Waals surface area contributed by atoms with Gasteiger partial charge in [0.15, 0.2) is 0 Å². The first-order valence-corrected chi connectivity index (χ1v) is 5.56. The number of hydrogen-bond acceptors (Lipinski definition) is 3. The van der Waals surface area contributed by atoms with Crippen LogP contribution in [0.3, 0.4) is 0 Å². The van der Waals surface area contributed by atoms with Gasteiger partial charge in [0.2, 0.25) is 0 Å². The van der Waals surface area contributed by atoms with Crippen molar-refractivity contribution in [1.29, 1.82) is 0 Å². The topological polar surface area (TPSA) is 43.0 Å². The Morgan fingerprint density at radius 1 is 1.44 bits per heavy atom. The molecule has 86 valence electrons. The molecule has 0 radical (unpaired) electrons. The minimum absolute atomic E-state index is 0.751. The summed E-state index contributed by atoms with van der Waals surface area (Å²) < 4.78 is 7.27. The summed E-state index contributed by atoms with van der Waals surface area (Å²) in [5.41, 5.74) is 2.28. The zero-order valence-corrected chi connectivity index (χ0v) is 9.73. The van der Waals surface area contributed by atoms with Crippen LogP contribution in [0.1, 0.15) is 24.1 Å². The van der Waals surface area contributed by atoms with E-state index in [0.717, 1.165) is 31.1 Å². The molecule has 16 heavy (non-hydrogen) atoms. The Kier molecular flexibility index (Phi) is 3.41. The van der Waals surface area contributed by atoms with Gasteiger partial charge in [-0.1, -0.05) is 0 Å². The summed E-state index contributed by atoms with van der Waals surface area (Å²) in [5.74, 6) is 0.958. The molecule has 4 nitrogen and oxygen atoms in total. The van der Waals surface area contributed by atoms with Crippen LogP contribution in [0.15, 0.2) is 28.9 Å². The molecule has 0 aliphatic rings. The minimum atomic E-state index is 0.751. The normalized spacial score (nSPS) is 10.9.